The number of hydrogen-bond acceptors (Lipinski definition) is 5. The second-order valence-corrected chi connectivity index (χ2v) is 3.97. The zero-order valence-corrected chi connectivity index (χ0v) is 11.1. The number of carbonyl (C=O) groups excluding carboxylic acids is 1. The molecule has 0 aromatic heterocycles. The van der Waals surface area contributed by atoms with Crippen molar-refractivity contribution in [2.24, 2.45) is 0 Å². The third-order valence-corrected chi connectivity index (χ3v) is 2.32. The van der Waals surface area contributed by atoms with Crippen LogP contribution >= 0.6 is 0 Å². The van der Waals surface area contributed by atoms with Crippen LogP contribution in [0.3, 0.4) is 0 Å². The van der Waals surface area contributed by atoms with Gasteiger partial charge >= 0.3 is 11.9 Å². The van der Waals surface area contributed by atoms with Crippen LogP contribution in [0.15, 0.2) is 36.9 Å². The summed E-state index contributed by atoms with van der Waals surface area (Å²) in [7, 11) is 0. The van der Waals surface area contributed by atoms with E-state index in [0.29, 0.717) is 5.56 Å². The fourth-order valence-corrected chi connectivity index (χ4v) is 1.35. The average molecular weight is 280 g/mol. The molecule has 0 bridgehead atoms. The summed E-state index contributed by atoms with van der Waals surface area (Å²) in [6.07, 6.45) is 0.576. The Kier molecular flexibility index (Phi) is 6.42. The second-order valence-electron chi connectivity index (χ2n) is 3.97. The Bertz CT molecular complexity index is 482. The van der Waals surface area contributed by atoms with Crippen molar-refractivity contribution in [2.75, 3.05) is 6.61 Å². The largest absolute Gasteiger partial charge is 0.478 e. The highest BCUT2D eigenvalue weighted by Crippen LogP contribution is 2.10. The quantitative estimate of drug-likeness (QED) is 0.339. The third kappa shape index (κ3) is 5.21. The second kappa shape index (κ2) is 8.08. The summed E-state index contributed by atoms with van der Waals surface area (Å²) in [5.74, 6) is -1.58. The number of carboxylic acids is 1. The lowest BCUT2D eigenvalue weighted by atomic mass is 10.1. The number of carboxylic acid groups (broad SMARTS) is 1. The minimum Gasteiger partial charge on any atom is -0.478 e. The molecule has 0 aliphatic heterocycles. The monoisotopic (exact) mass is 280 g/mol. The van der Waals surface area contributed by atoms with E-state index in [0.717, 1.165) is 6.08 Å². The molecule has 0 aliphatic carbocycles. The lowest BCUT2D eigenvalue weighted by Crippen LogP contribution is -2.18. The van der Waals surface area contributed by atoms with E-state index >= 15 is 0 Å². The highest BCUT2D eigenvalue weighted by atomic mass is 17.2. The number of benzene rings is 1. The lowest BCUT2D eigenvalue weighted by Gasteiger charge is -2.12. The van der Waals surface area contributed by atoms with Gasteiger partial charge in [0.05, 0.1) is 5.56 Å². The fraction of sp³-hybridized carbons (Fsp3) is 0.286. The number of rotatable bonds is 8. The van der Waals surface area contributed by atoms with Gasteiger partial charge in [0.1, 0.15) is 19.3 Å². The van der Waals surface area contributed by atoms with Crippen LogP contribution in [0.4, 0.5) is 0 Å². The first-order valence-corrected chi connectivity index (χ1v) is 5.93. The summed E-state index contributed by atoms with van der Waals surface area (Å²) >= 11 is 0. The summed E-state index contributed by atoms with van der Waals surface area (Å²) in [6.45, 7) is 4.92. The Morgan fingerprint density at radius 1 is 1.40 bits per heavy atom. The molecule has 1 rings (SSSR count). The van der Waals surface area contributed by atoms with E-state index in [4.69, 9.17) is 19.6 Å². The highest BCUT2D eigenvalue weighted by molar-refractivity contribution is 5.89. The normalized spacial score (nSPS) is 11.7. The number of esters is 1. The van der Waals surface area contributed by atoms with Crippen molar-refractivity contribution in [3.63, 3.8) is 0 Å². The molecule has 0 heterocycles. The summed E-state index contributed by atoms with van der Waals surface area (Å²) in [5, 5.41) is 8.98. The predicted molar refractivity (Wildman–Crippen MR) is 69.9 cm³/mol. The summed E-state index contributed by atoms with van der Waals surface area (Å²) in [5.41, 5.74) is 0.650. The highest BCUT2D eigenvalue weighted by Gasteiger charge is 2.11. The van der Waals surface area contributed by atoms with Crippen molar-refractivity contribution < 1.29 is 29.2 Å². The van der Waals surface area contributed by atoms with Gasteiger partial charge in [0.25, 0.3) is 0 Å². The maximum absolute atomic E-state index is 11.0. The van der Waals surface area contributed by atoms with Crippen LogP contribution in [0.2, 0.25) is 0 Å². The molecule has 1 unspecified atom stereocenters. The van der Waals surface area contributed by atoms with E-state index in [1.165, 1.54) is 6.07 Å². The number of aromatic carboxylic acids is 1. The molecule has 0 radical (unpaired) electrons. The van der Waals surface area contributed by atoms with Crippen LogP contribution in [-0.4, -0.2) is 29.8 Å². The van der Waals surface area contributed by atoms with Gasteiger partial charge in [0, 0.05) is 6.08 Å². The third-order valence-electron chi connectivity index (χ3n) is 2.32. The molecule has 0 saturated carbocycles. The maximum atomic E-state index is 11.0. The van der Waals surface area contributed by atoms with E-state index in [2.05, 4.69) is 6.58 Å². The molecule has 1 aromatic rings. The van der Waals surface area contributed by atoms with E-state index in [9.17, 15) is 9.59 Å². The molecule has 0 fully saturated rings. The molecule has 1 aromatic carbocycles. The standard InChI is InChI=1S/C14H16O6/c1-3-13(15)18-8-10(2)20-19-9-11-6-4-5-7-12(11)14(16)17/h3-7,10H,1,8-9H2,2H3,(H,16,17). The minimum atomic E-state index is -1.03. The van der Waals surface area contributed by atoms with Gasteiger partial charge in [0.15, 0.2) is 0 Å². The zero-order chi connectivity index (χ0) is 15.0. The Morgan fingerprint density at radius 3 is 2.75 bits per heavy atom. The minimum absolute atomic E-state index is 0.0117. The molecule has 6 heteroatoms. The van der Waals surface area contributed by atoms with Crippen molar-refractivity contribution >= 4 is 11.9 Å². The Balaban J connectivity index is 2.39. The molecule has 1 atom stereocenters. The Hall–Kier alpha value is -2.18. The molecule has 0 spiro atoms. The van der Waals surface area contributed by atoms with Crippen LogP contribution in [0.25, 0.3) is 0 Å². The van der Waals surface area contributed by atoms with Crippen LogP contribution in [0.1, 0.15) is 22.8 Å². The fourth-order valence-electron chi connectivity index (χ4n) is 1.35. The van der Waals surface area contributed by atoms with Crippen molar-refractivity contribution in [1.29, 1.82) is 0 Å². The Morgan fingerprint density at radius 2 is 2.10 bits per heavy atom. The van der Waals surface area contributed by atoms with E-state index in [-0.39, 0.29) is 18.8 Å². The molecule has 6 nitrogen and oxygen atoms in total. The summed E-state index contributed by atoms with van der Waals surface area (Å²) in [6, 6.07) is 6.46. The lowest BCUT2D eigenvalue weighted by molar-refractivity contribution is -0.333. The van der Waals surface area contributed by atoms with Crippen molar-refractivity contribution in [3.8, 4) is 0 Å². The van der Waals surface area contributed by atoms with Gasteiger partial charge < -0.3 is 9.84 Å². The van der Waals surface area contributed by atoms with Gasteiger partial charge in [0.2, 0.25) is 0 Å². The van der Waals surface area contributed by atoms with E-state index in [1.807, 2.05) is 0 Å². The topological polar surface area (TPSA) is 82.1 Å². The first kappa shape index (κ1) is 15.9. The van der Waals surface area contributed by atoms with Crippen LogP contribution in [-0.2, 0) is 25.9 Å². The van der Waals surface area contributed by atoms with Crippen molar-refractivity contribution in [2.45, 2.75) is 19.6 Å². The SMILES string of the molecule is C=CC(=O)OCC(C)OOCc1ccccc1C(=O)O. The maximum Gasteiger partial charge on any atom is 0.336 e. The van der Waals surface area contributed by atoms with E-state index in [1.54, 1.807) is 25.1 Å². The van der Waals surface area contributed by atoms with Crippen LogP contribution in [0.5, 0.6) is 0 Å². The number of carbonyl (C=O) groups is 2. The van der Waals surface area contributed by atoms with Gasteiger partial charge in [-0.2, -0.15) is 0 Å². The Labute approximate surface area is 116 Å². The van der Waals surface area contributed by atoms with E-state index < -0.39 is 18.0 Å². The summed E-state index contributed by atoms with van der Waals surface area (Å²) < 4.78 is 4.76. The molecule has 0 aliphatic rings. The molecule has 20 heavy (non-hydrogen) atoms. The van der Waals surface area contributed by atoms with Crippen molar-refractivity contribution in [3.05, 3.63) is 48.0 Å². The summed E-state index contributed by atoms with van der Waals surface area (Å²) in [4.78, 5) is 31.7. The molecule has 108 valence electrons. The molecule has 0 saturated heterocycles. The van der Waals surface area contributed by atoms with Crippen LogP contribution in [0, 0.1) is 0 Å². The molecular weight excluding hydrogens is 264 g/mol. The molecular formula is C14H16O6. The van der Waals surface area contributed by atoms with Gasteiger partial charge in [-0.3, -0.25) is 0 Å². The smallest absolute Gasteiger partial charge is 0.336 e. The van der Waals surface area contributed by atoms with Gasteiger partial charge in [-0.25, -0.2) is 19.4 Å². The number of hydrogen-bond donors (Lipinski definition) is 1. The van der Waals surface area contributed by atoms with Crippen LogP contribution < -0.4 is 0 Å². The predicted octanol–water partition coefficient (Wildman–Crippen LogP) is 1.95. The zero-order valence-electron chi connectivity index (χ0n) is 11.1. The van der Waals surface area contributed by atoms with Gasteiger partial charge in [-0.05, 0) is 18.6 Å². The first-order valence-electron chi connectivity index (χ1n) is 5.93. The van der Waals surface area contributed by atoms with Gasteiger partial charge in [-0.15, -0.1) is 0 Å². The molecule has 0 amide bonds. The average Bonchev–Trinajstić information content (AvgIpc) is 2.45. The first-order chi connectivity index (χ1) is 9.54. The van der Waals surface area contributed by atoms with Crippen molar-refractivity contribution in [1.82, 2.24) is 0 Å². The number of ether oxygens (including phenoxy) is 1. The molecule has 1 N–H and O–H groups in total. The van der Waals surface area contributed by atoms with Gasteiger partial charge in [-0.1, -0.05) is 24.8 Å².